The number of ether oxygens (including phenoxy) is 1. The number of likely N-dealkylation sites (N-methyl/N-ethyl adjacent to an activating group) is 1. The fourth-order valence-electron chi connectivity index (χ4n) is 3.32. The molecule has 1 aliphatic heterocycles. The SMILES string of the molecule is CCNC(=O)[C@H]1O[C@@H](n2cnc3c(NC)nc(-c4cncc(F)c4)nc32)[C@H](O)[C@@H]1O. The number of nitrogens with zero attached hydrogens (tertiary/aromatic N) is 5. The van der Waals surface area contributed by atoms with Crippen molar-refractivity contribution >= 4 is 22.9 Å². The summed E-state index contributed by atoms with van der Waals surface area (Å²) in [4.78, 5) is 29.0. The topological polar surface area (TPSA) is 147 Å². The van der Waals surface area contributed by atoms with Crippen LogP contribution in [0.2, 0.25) is 0 Å². The van der Waals surface area contributed by atoms with Crippen molar-refractivity contribution in [1.82, 2.24) is 29.8 Å². The number of aliphatic hydroxyl groups excluding tert-OH is 2. The minimum Gasteiger partial charge on any atom is -0.387 e. The zero-order valence-electron chi connectivity index (χ0n) is 16.2. The van der Waals surface area contributed by atoms with Crippen LogP contribution in [0.3, 0.4) is 0 Å². The second kappa shape index (κ2) is 7.89. The van der Waals surface area contributed by atoms with Crippen molar-refractivity contribution in [1.29, 1.82) is 0 Å². The van der Waals surface area contributed by atoms with E-state index in [4.69, 9.17) is 4.74 Å². The molecule has 0 radical (unpaired) electrons. The lowest BCUT2D eigenvalue weighted by Crippen LogP contribution is -2.42. The fourth-order valence-corrected chi connectivity index (χ4v) is 3.32. The molecule has 3 aromatic rings. The summed E-state index contributed by atoms with van der Waals surface area (Å²) in [5, 5.41) is 26.3. The van der Waals surface area contributed by atoms with Crippen LogP contribution in [0.4, 0.5) is 10.2 Å². The lowest BCUT2D eigenvalue weighted by Gasteiger charge is -2.17. The standard InChI is InChI=1S/C18H20FN7O4/c1-3-22-17(29)13-11(27)12(28)18(30-13)26-7-23-10-15(20-2)24-14(25-16(10)26)8-4-9(19)6-21-5-8/h4-7,11-13,18,27-28H,3H2,1-2H3,(H,22,29)(H,20,24,25)/t11-,12+,13-,18+/m0/s1. The van der Waals surface area contributed by atoms with Gasteiger partial charge >= 0.3 is 0 Å². The summed E-state index contributed by atoms with van der Waals surface area (Å²) < 4.78 is 20.7. The van der Waals surface area contributed by atoms with Crippen LogP contribution in [-0.2, 0) is 9.53 Å². The number of carbonyl (C=O) groups is 1. The average molecular weight is 417 g/mol. The number of carbonyl (C=O) groups excluding carboxylic acids is 1. The van der Waals surface area contributed by atoms with Crippen LogP contribution in [0.1, 0.15) is 13.2 Å². The zero-order valence-corrected chi connectivity index (χ0v) is 16.2. The van der Waals surface area contributed by atoms with Crippen LogP contribution in [0.5, 0.6) is 0 Å². The first-order valence-corrected chi connectivity index (χ1v) is 9.27. The Bertz CT molecular complexity index is 1090. The van der Waals surface area contributed by atoms with Crippen molar-refractivity contribution in [3.63, 3.8) is 0 Å². The number of pyridine rings is 1. The smallest absolute Gasteiger partial charge is 0.252 e. The van der Waals surface area contributed by atoms with Crippen molar-refractivity contribution in [3.05, 3.63) is 30.6 Å². The van der Waals surface area contributed by atoms with E-state index in [9.17, 15) is 19.4 Å². The third-order valence-electron chi connectivity index (χ3n) is 4.74. The summed E-state index contributed by atoms with van der Waals surface area (Å²) in [6.07, 6.45) is -1.35. The molecule has 0 aliphatic carbocycles. The van der Waals surface area contributed by atoms with E-state index in [1.54, 1.807) is 14.0 Å². The van der Waals surface area contributed by atoms with Crippen molar-refractivity contribution < 1.29 is 24.1 Å². The molecule has 0 saturated carbocycles. The summed E-state index contributed by atoms with van der Waals surface area (Å²) >= 11 is 0. The number of fused-ring (bicyclic) bond motifs is 1. The van der Waals surface area contributed by atoms with Gasteiger partial charge in [0.25, 0.3) is 5.91 Å². The van der Waals surface area contributed by atoms with Crippen LogP contribution in [0, 0.1) is 5.82 Å². The molecule has 1 aliphatic rings. The largest absolute Gasteiger partial charge is 0.387 e. The second-order valence-corrected chi connectivity index (χ2v) is 6.68. The number of halogens is 1. The predicted molar refractivity (Wildman–Crippen MR) is 103 cm³/mol. The van der Waals surface area contributed by atoms with Crippen molar-refractivity contribution in [2.75, 3.05) is 18.9 Å². The van der Waals surface area contributed by atoms with E-state index in [0.29, 0.717) is 23.4 Å². The molecule has 4 atom stereocenters. The highest BCUT2D eigenvalue weighted by Gasteiger charge is 2.47. The number of anilines is 1. The molecule has 0 aromatic carbocycles. The van der Waals surface area contributed by atoms with Gasteiger partial charge in [-0.3, -0.25) is 14.3 Å². The van der Waals surface area contributed by atoms with Gasteiger partial charge in [-0.1, -0.05) is 0 Å². The zero-order chi connectivity index (χ0) is 21.4. The van der Waals surface area contributed by atoms with Gasteiger partial charge in [0.1, 0.15) is 18.0 Å². The number of aromatic nitrogens is 5. The van der Waals surface area contributed by atoms with E-state index < -0.39 is 36.3 Å². The Morgan fingerprint density at radius 2 is 2.10 bits per heavy atom. The Morgan fingerprint density at radius 3 is 2.80 bits per heavy atom. The molecule has 1 saturated heterocycles. The summed E-state index contributed by atoms with van der Waals surface area (Å²) in [6, 6.07) is 1.24. The molecular weight excluding hydrogens is 397 g/mol. The van der Waals surface area contributed by atoms with Gasteiger partial charge < -0.3 is 25.6 Å². The Balaban J connectivity index is 1.78. The average Bonchev–Trinajstić information content (AvgIpc) is 3.29. The van der Waals surface area contributed by atoms with E-state index in [-0.39, 0.29) is 11.5 Å². The summed E-state index contributed by atoms with van der Waals surface area (Å²) in [5.74, 6) is -0.536. The third-order valence-corrected chi connectivity index (χ3v) is 4.74. The lowest BCUT2D eigenvalue weighted by molar-refractivity contribution is -0.137. The van der Waals surface area contributed by atoms with Gasteiger partial charge in [-0.15, -0.1) is 0 Å². The predicted octanol–water partition coefficient (Wildman–Crippen LogP) is -0.176. The van der Waals surface area contributed by atoms with Gasteiger partial charge in [0.2, 0.25) is 0 Å². The quantitative estimate of drug-likeness (QED) is 0.444. The minimum atomic E-state index is -1.43. The number of amides is 1. The first kappa shape index (κ1) is 20.1. The maximum Gasteiger partial charge on any atom is 0.252 e. The second-order valence-electron chi connectivity index (χ2n) is 6.68. The molecule has 4 rings (SSSR count). The van der Waals surface area contributed by atoms with E-state index >= 15 is 0 Å². The number of nitrogens with one attached hydrogen (secondary N) is 2. The molecule has 158 valence electrons. The molecule has 0 bridgehead atoms. The van der Waals surface area contributed by atoms with E-state index in [1.807, 2.05) is 0 Å². The number of hydrogen-bond donors (Lipinski definition) is 4. The number of imidazole rings is 1. The Hall–Kier alpha value is -3.22. The Morgan fingerprint density at radius 1 is 1.30 bits per heavy atom. The van der Waals surface area contributed by atoms with Crippen LogP contribution in [-0.4, -0.2) is 72.5 Å². The molecule has 0 spiro atoms. The summed E-state index contributed by atoms with van der Waals surface area (Å²) in [7, 11) is 1.64. The highest BCUT2D eigenvalue weighted by atomic mass is 19.1. The summed E-state index contributed by atoms with van der Waals surface area (Å²) in [6.45, 7) is 2.08. The van der Waals surface area contributed by atoms with Crippen molar-refractivity contribution in [2.24, 2.45) is 0 Å². The van der Waals surface area contributed by atoms with Gasteiger partial charge in [0.05, 0.1) is 12.5 Å². The number of hydrogen-bond acceptors (Lipinski definition) is 9. The number of rotatable bonds is 5. The van der Waals surface area contributed by atoms with Gasteiger partial charge in [-0.05, 0) is 13.0 Å². The van der Waals surface area contributed by atoms with Gasteiger partial charge in [0, 0.05) is 25.4 Å². The molecule has 4 N–H and O–H groups in total. The Labute approximate surface area is 170 Å². The van der Waals surface area contributed by atoms with Gasteiger partial charge in [0.15, 0.2) is 35.1 Å². The van der Waals surface area contributed by atoms with Crippen LogP contribution < -0.4 is 10.6 Å². The third kappa shape index (κ3) is 3.34. The summed E-state index contributed by atoms with van der Waals surface area (Å²) in [5.41, 5.74) is 0.980. The van der Waals surface area contributed by atoms with E-state index in [0.717, 1.165) is 6.20 Å². The van der Waals surface area contributed by atoms with Crippen LogP contribution in [0.25, 0.3) is 22.6 Å². The van der Waals surface area contributed by atoms with Crippen molar-refractivity contribution in [3.8, 4) is 11.4 Å². The fraction of sp³-hybridized carbons (Fsp3) is 0.389. The van der Waals surface area contributed by atoms with Gasteiger partial charge in [-0.2, -0.15) is 0 Å². The molecule has 1 fully saturated rings. The Kier molecular flexibility index (Phi) is 5.28. The van der Waals surface area contributed by atoms with E-state index in [2.05, 4.69) is 30.6 Å². The van der Waals surface area contributed by atoms with Crippen LogP contribution >= 0.6 is 0 Å². The van der Waals surface area contributed by atoms with Gasteiger partial charge in [-0.25, -0.2) is 19.3 Å². The minimum absolute atomic E-state index is 0.175. The normalized spacial score (nSPS) is 23.6. The maximum absolute atomic E-state index is 13.6. The van der Waals surface area contributed by atoms with Crippen LogP contribution in [0.15, 0.2) is 24.8 Å². The molecule has 1 amide bonds. The highest BCUT2D eigenvalue weighted by molar-refractivity contribution is 5.85. The molecule has 30 heavy (non-hydrogen) atoms. The number of aliphatic hydroxyl groups is 2. The monoisotopic (exact) mass is 417 g/mol. The maximum atomic E-state index is 13.6. The first-order chi connectivity index (χ1) is 14.4. The molecule has 0 unspecified atom stereocenters. The van der Waals surface area contributed by atoms with E-state index in [1.165, 1.54) is 23.2 Å². The molecular formula is C18H20FN7O4. The first-order valence-electron chi connectivity index (χ1n) is 9.27. The molecule has 3 aromatic heterocycles. The molecule has 12 heteroatoms. The van der Waals surface area contributed by atoms with Crippen molar-refractivity contribution in [2.45, 2.75) is 31.5 Å². The molecule has 4 heterocycles. The lowest BCUT2D eigenvalue weighted by atomic mass is 10.1. The highest BCUT2D eigenvalue weighted by Crippen LogP contribution is 2.33. The molecule has 11 nitrogen and oxygen atoms in total.